The standard InChI is InChI=1S/C16H18N4O3S/c1-9-5-3-4-6-11(9)8-24-16-20-19-13(23-16)7-12-10(2)17-15(22)18-14(12)21/h3-6,10,12H,7-8H2,1-2H3,(H2,17,18,21,22). The van der Waals surface area contributed by atoms with Crippen LogP contribution in [0.15, 0.2) is 33.9 Å². The summed E-state index contributed by atoms with van der Waals surface area (Å²) in [6, 6.07) is 7.39. The SMILES string of the molecule is Cc1ccccc1CSc1nnc(CC2C(=O)NC(=O)NC2C)o1. The number of nitrogens with zero attached hydrogens (tertiary/aromatic N) is 2. The minimum Gasteiger partial charge on any atom is -0.416 e. The van der Waals surface area contributed by atoms with E-state index in [0.717, 1.165) is 5.75 Å². The molecule has 1 fully saturated rings. The Morgan fingerprint density at radius 1 is 1.25 bits per heavy atom. The number of aromatic nitrogens is 2. The number of hydrogen-bond acceptors (Lipinski definition) is 6. The quantitative estimate of drug-likeness (QED) is 0.804. The van der Waals surface area contributed by atoms with Gasteiger partial charge in [-0.1, -0.05) is 36.0 Å². The summed E-state index contributed by atoms with van der Waals surface area (Å²) in [6.07, 6.45) is 0.297. The van der Waals surface area contributed by atoms with Gasteiger partial charge in [0.15, 0.2) is 0 Å². The summed E-state index contributed by atoms with van der Waals surface area (Å²) in [6.45, 7) is 3.85. The molecule has 8 heteroatoms. The van der Waals surface area contributed by atoms with Gasteiger partial charge in [-0.25, -0.2) is 4.79 Å². The number of benzene rings is 1. The smallest absolute Gasteiger partial charge is 0.321 e. The highest BCUT2D eigenvalue weighted by Gasteiger charge is 2.33. The number of aryl methyl sites for hydroxylation is 1. The minimum atomic E-state index is -0.469. The number of rotatable bonds is 5. The number of urea groups is 1. The molecule has 126 valence electrons. The molecule has 1 aromatic heterocycles. The summed E-state index contributed by atoms with van der Waals surface area (Å²) in [7, 11) is 0. The molecule has 3 amide bonds. The van der Waals surface area contributed by atoms with Crippen molar-refractivity contribution in [2.75, 3.05) is 0 Å². The van der Waals surface area contributed by atoms with Crippen molar-refractivity contribution in [1.29, 1.82) is 0 Å². The third-order valence-corrected chi connectivity index (χ3v) is 4.86. The number of imide groups is 1. The van der Waals surface area contributed by atoms with Gasteiger partial charge in [0, 0.05) is 18.2 Å². The van der Waals surface area contributed by atoms with E-state index in [1.807, 2.05) is 12.1 Å². The molecule has 0 bridgehead atoms. The van der Waals surface area contributed by atoms with Crippen LogP contribution >= 0.6 is 11.8 Å². The van der Waals surface area contributed by atoms with Gasteiger partial charge in [-0.2, -0.15) is 0 Å². The summed E-state index contributed by atoms with van der Waals surface area (Å²) in [5.41, 5.74) is 2.43. The van der Waals surface area contributed by atoms with E-state index >= 15 is 0 Å². The summed E-state index contributed by atoms with van der Waals surface area (Å²) < 4.78 is 5.62. The second-order valence-electron chi connectivity index (χ2n) is 5.74. The molecule has 0 saturated carbocycles. The van der Waals surface area contributed by atoms with Crippen LogP contribution in [0.4, 0.5) is 4.79 Å². The molecular formula is C16H18N4O3S. The third-order valence-electron chi connectivity index (χ3n) is 3.99. The van der Waals surface area contributed by atoms with Crippen LogP contribution in [-0.2, 0) is 17.0 Å². The largest absolute Gasteiger partial charge is 0.416 e. The van der Waals surface area contributed by atoms with E-state index in [1.54, 1.807) is 6.92 Å². The number of amides is 3. The fourth-order valence-corrected chi connectivity index (χ4v) is 3.38. The first-order valence-corrected chi connectivity index (χ1v) is 8.62. The highest BCUT2D eigenvalue weighted by Crippen LogP contribution is 2.24. The predicted octanol–water partition coefficient (Wildman–Crippen LogP) is 2.06. The Morgan fingerprint density at radius 2 is 2.04 bits per heavy atom. The molecule has 1 saturated heterocycles. The van der Waals surface area contributed by atoms with Crippen LogP contribution in [0, 0.1) is 12.8 Å². The maximum atomic E-state index is 11.9. The van der Waals surface area contributed by atoms with Crippen LogP contribution in [0.5, 0.6) is 0 Å². The van der Waals surface area contributed by atoms with E-state index in [9.17, 15) is 9.59 Å². The molecule has 2 heterocycles. The minimum absolute atomic E-state index is 0.277. The Balaban J connectivity index is 1.60. The number of carbonyl (C=O) groups is 2. The molecule has 0 spiro atoms. The lowest BCUT2D eigenvalue weighted by Crippen LogP contribution is -2.57. The molecule has 0 radical (unpaired) electrons. The number of nitrogens with one attached hydrogen (secondary N) is 2. The Labute approximate surface area is 143 Å². The van der Waals surface area contributed by atoms with Crippen molar-refractivity contribution in [3.05, 3.63) is 41.3 Å². The maximum absolute atomic E-state index is 11.9. The van der Waals surface area contributed by atoms with Gasteiger partial charge in [-0.3, -0.25) is 10.1 Å². The Morgan fingerprint density at radius 3 is 2.79 bits per heavy atom. The van der Waals surface area contributed by atoms with E-state index in [1.165, 1.54) is 22.9 Å². The Kier molecular flexibility index (Phi) is 4.84. The lowest BCUT2D eigenvalue weighted by molar-refractivity contribution is -0.125. The topological polar surface area (TPSA) is 97.1 Å². The highest BCUT2D eigenvalue weighted by atomic mass is 32.2. The van der Waals surface area contributed by atoms with Crippen LogP contribution < -0.4 is 10.6 Å². The van der Waals surface area contributed by atoms with Crippen molar-refractivity contribution in [1.82, 2.24) is 20.8 Å². The van der Waals surface area contributed by atoms with Gasteiger partial charge in [0.2, 0.25) is 11.8 Å². The number of hydrogen-bond donors (Lipinski definition) is 2. The maximum Gasteiger partial charge on any atom is 0.321 e. The van der Waals surface area contributed by atoms with Crippen LogP contribution in [0.2, 0.25) is 0 Å². The van der Waals surface area contributed by atoms with Gasteiger partial charge in [0.05, 0.1) is 5.92 Å². The van der Waals surface area contributed by atoms with Crippen molar-refractivity contribution in [2.24, 2.45) is 5.92 Å². The molecule has 2 atom stereocenters. The Bertz CT molecular complexity index is 761. The van der Waals surface area contributed by atoms with Gasteiger partial charge < -0.3 is 9.73 Å². The molecule has 3 rings (SSSR count). The van der Waals surface area contributed by atoms with Gasteiger partial charge in [0.1, 0.15) is 0 Å². The van der Waals surface area contributed by atoms with E-state index in [4.69, 9.17) is 4.42 Å². The van der Waals surface area contributed by atoms with E-state index in [-0.39, 0.29) is 11.9 Å². The number of thioether (sulfide) groups is 1. The summed E-state index contributed by atoms with van der Waals surface area (Å²) in [5, 5.41) is 13.4. The summed E-state index contributed by atoms with van der Waals surface area (Å²) >= 11 is 1.46. The molecule has 0 aliphatic carbocycles. The zero-order valence-electron chi connectivity index (χ0n) is 13.4. The van der Waals surface area contributed by atoms with E-state index < -0.39 is 11.9 Å². The van der Waals surface area contributed by atoms with Crippen molar-refractivity contribution in [2.45, 2.75) is 37.3 Å². The van der Waals surface area contributed by atoms with E-state index in [0.29, 0.717) is 17.5 Å². The van der Waals surface area contributed by atoms with Gasteiger partial charge in [-0.15, -0.1) is 10.2 Å². The van der Waals surface area contributed by atoms with Crippen LogP contribution in [-0.4, -0.2) is 28.2 Å². The molecule has 2 unspecified atom stereocenters. The molecule has 1 aromatic carbocycles. The normalized spacial score (nSPS) is 20.6. The van der Waals surface area contributed by atoms with Crippen LogP contribution in [0.1, 0.15) is 23.9 Å². The zero-order valence-corrected chi connectivity index (χ0v) is 14.2. The average molecular weight is 346 g/mol. The van der Waals surface area contributed by atoms with Crippen LogP contribution in [0.3, 0.4) is 0 Å². The highest BCUT2D eigenvalue weighted by molar-refractivity contribution is 7.98. The van der Waals surface area contributed by atoms with Crippen molar-refractivity contribution in [3.63, 3.8) is 0 Å². The summed E-state index contributed by atoms with van der Waals surface area (Å²) in [4.78, 5) is 23.1. The lowest BCUT2D eigenvalue weighted by Gasteiger charge is -2.27. The fraction of sp³-hybridized carbons (Fsp3) is 0.375. The van der Waals surface area contributed by atoms with E-state index in [2.05, 4.69) is 39.9 Å². The monoisotopic (exact) mass is 346 g/mol. The van der Waals surface area contributed by atoms with Gasteiger partial charge in [0.25, 0.3) is 5.22 Å². The third kappa shape index (κ3) is 3.76. The number of carbonyl (C=O) groups excluding carboxylic acids is 2. The predicted molar refractivity (Wildman–Crippen MR) is 88.4 cm³/mol. The molecule has 2 aromatic rings. The molecule has 1 aliphatic heterocycles. The lowest BCUT2D eigenvalue weighted by atomic mass is 9.95. The van der Waals surface area contributed by atoms with Crippen molar-refractivity contribution < 1.29 is 14.0 Å². The van der Waals surface area contributed by atoms with Crippen molar-refractivity contribution in [3.8, 4) is 0 Å². The molecule has 7 nitrogen and oxygen atoms in total. The second kappa shape index (κ2) is 7.04. The first kappa shape index (κ1) is 16.5. The van der Waals surface area contributed by atoms with Crippen LogP contribution in [0.25, 0.3) is 0 Å². The first-order valence-electron chi connectivity index (χ1n) is 7.64. The zero-order chi connectivity index (χ0) is 17.1. The molecule has 2 N–H and O–H groups in total. The molecule has 1 aliphatic rings. The summed E-state index contributed by atoms with van der Waals surface area (Å²) in [5.74, 6) is 0.395. The van der Waals surface area contributed by atoms with Crippen molar-refractivity contribution >= 4 is 23.7 Å². The molecule has 24 heavy (non-hydrogen) atoms. The fourth-order valence-electron chi connectivity index (χ4n) is 2.52. The first-order chi connectivity index (χ1) is 11.5. The second-order valence-corrected chi connectivity index (χ2v) is 6.67. The van der Waals surface area contributed by atoms with Gasteiger partial charge >= 0.3 is 6.03 Å². The van der Waals surface area contributed by atoms with Gasteiger partial charge in [-0.05, 0) is 25.0 Å². The Hall–Kier alpha value is -2.35. The molecular weight excluding hydrogens is 328 g/mol. The average Bonchev–Trinajstić information content (AvgIpc) is 2.98.